The lowest BCUT2D eigenvalue weighted by Gasteiger charge is -2.21. The normalized spacial score (nSPS) is 10.8. The van der Waals surface area contributed by atoms with Crippen LogP contribution < -0.4 is 10.2 Å². The molecule has 0 fully saturated rings. The molecule has 0 saturated carbocycles. The van der Waals surface area contributed by atoms with Gasteiger partial charge in [0.25, 0.3) is 0 Å². The van der Waals surface area contributed by atoms with Crippen molar-refractivity contribution in [2.24, 2.45) is 0 Å². The molecule has 4 aromatic rings. The summed E-state index contributed by atoms with van der Waals surface area (Å²) in [4.78, 5) is 11.3. The molecule has 0 aliphatic rings. The van der Waals surface area contributed by atoms with Crippen LogP contribution in [0.2, 0.25) is 5.02 Å². The number of benzene rings is 2. The fourth-order valence-electron chi connectivity index (χ4n) is 2.78. The van der Waals surface area contributed by atoms with Gasteiger partial charge in [-0.25, -0.2) is 4.98 Å². The van der Waals surface area contributed by atoms with Crippen molar-refractivity contribution in [2.45, 2.75) is 6.54 Å². The predicted molar refractivity (Wildman–Crippen MR) is 105 cm³/mol. The largest absolute Gasteiger partial charge is 0.467 e. The van der Waals surface area contributed by atoms with E-state index in [1.165, 1.54) is 0 Å². The lowest BCUT2D eigenvalue weighted by molar-refractivity contribution is 0.517. The molecule has 0 aliphatic heterocycles. The van der Waals surface area contributed by atoms with Crippen LogP contribution in [0.15, 0.2) is 71.3 Å². The highest BCUT2D eigenvalue weighted by atomic mass is 35.5. The van der Waals surface area contributed by atoms with Crippen molar-refractivity contribution >= 4 is 40.0 Å². The number of furan rings is 1. The number of hydrogen-bond donors (Lipinski definition) is 1. The summed E-state index contributed by atoms with van der Waals surface area (Å²) in [5, 5.41) is 4.88. The first-order valence-corrected chi connectivity index (χ1v) is 8.61. The molecule has 1 N–H and O–H groups in total. The molecular weight excluding hydrogens is 348 g/mol. The van der Waals surface area contributed by atoms with E-state index in [0.717, 1.165) is 28.2 Å². The number of para-hydroxylation sites is 1. The zero-order chi connectivity index (χ0) is 17.9. The Balaban J connectivity index is 1.74. The van der Waals surface area contributed by atoms with Gasteiger partial charge in [-0.1, -0.05) is 29.8 Å². The van der Waals surface area contributed by atoms with Gasteiger partial charge in [-0.05, 0) is 42.5 Å². The molecular formula is C20H17ClN4O. The summed E-state index contributed by atoms with van der Waals surface area (Å²) >= 11 is 6.15. The highest BCUT2D eigenvalue weighted by molar-refractivity contribution is 6.30. The van der Waals surface area contributed by atoms with Gasteiger partial charge in [-0.3, -0.25) is 0 Å². The maximum atomic E-state index is 6.15. The van der Waals surface area contributed by atoms with Crippen LogP contribution in [-0.4, -0.2) is 17.0 Å². The van der Waals surface area contributed by atoms with Crippen LogP contribution in [0.1, 0.15) is 5.76 Å². The molecule has 5 nitrogen and oxygen atoms in total. The van der Waals surface area contributed by atoms with Gasteiger partial charge in [0.15, 0.2) is 0 Å². The number of nitrogens with one attached hydrogen (secondary N) is 1. The van der Waals surface area contributed by atoms with E-state index in [4.69, 9.17) is 21.0 Å². The Hall–Kier alpha value is -3.05. The summed E-state index contributed by atoms with van der Waals surface area (Å²) in [5.41, 5.74) is 1.83. The fraction of sp³-hybridized carbons (Fsp3) is 0.100. The minimum absolute atomic E-state index is 0.520. The summed E-state index contributed by atoms with van der Waals surface area (Å²) in [6, 6.07) is 19.4. The highest BCUT2D eigenvalue weighted by Gasteiger charge is 2.13. The van der Waals surface area contributed by atoms with E-state index in [-0.39, 0.29) is 0 Å². The molecule has 0 bridgehead atoms. The van der Waals surface area contributed by atoms with Crippen molar-refractivity contribution in [1.82, 2.24) is 9.97 Å². The van der Waals surface area contributed by atoms with Crippen LogP contribution >= 0.6 is 11.6 Å². The first-order chi connectivity index (χ1) is 12.7. The highest BCUT2D eigenvalue weighted by Crippen LogP contribution is 2.30. The summed E-state index contributed by atoms with van der Waals surface area (Å²) in [7, 11) is 1.97. The van der Waals surface area contributed by atoms with Gasteiger partial charge in [0, 0.05) is 23.1 Å². The van der Waals surface area contributed by atoms with Gasteiger partial charge in [0.05, 0.1) is 18.3 Å². The van der Waals surface area contributed by atoms with Crippen LogP contribution in [0, 0.1) is 0 Å². The fourth-order valence-corrected chi connectivity index (χ4v) is 2.97. The molecule has 130 valence electrons. The van der Waals surface area contributed by atoms with Gasteiger partial charge in [-0.15, -0.1) is 0 Å². The standard InChI is InChI=1S/C20H17ClN4O/c1-25(15-7-4-6-14(21)12-15)19-17-9-2-3-10-18(17)23-20(24-19)22-13-16-8-5-11-26-16/h2-12H,13H2,1H3,(H,22,23,24). The number of rotatable bonds is 5. The molecule has 0 amide bonds. The van der Waals surface area contributed by atoms with E-state index in [0.29, 0.717) is 17.5 Å². The third kappa shape index (κ3) is 3.34. The topological polar surface area (TPSA) is 54.2 Å². The first kappa shape index (κ1) is 16.4. The van der Waals surface area contributed by atoms with E-state index < -0.39 is 0 Å². The zero-order valence-electron chi connectivity index (χ0n) is 14.2. The van der Waals surface area contributed by atoms with Crippen LogP contribution in [0.4, 0.5) is 17.5 Å². The lowest BCUT2D eigenvalue weighted by Crippen LogP contribution is -2.14. The number of aromatic nitrogens is 2. The Morgan fingerprint density at radius 3 is 2.73 bits per heavy atom. The minimum atomic E-state index is 0.520. The van der Waals surface area contributed by atoms with Crippen LogP contribution in [0.5, 0.6) is 0 Å². The second-order valence-electron chi connectivity index (χ2n) is 5.86. The van der Waals surface area contributed by atoms with Gasteiger partial charge in [0.1, 0.15) is 11.6 Å². The molecule has 0 unspecified atom stereocenters. The quantitative estimate of drug-likeness (QED) is 0.523. The van der Waals surface area contributed by atoms with Crippen LogP contribution in [0.25, 0.3) is 10.9 Å². The Morgan fingerprint density at radius 2 is 1.92 bits per heavy atom. The molecule has 0 spiro atoms. The lowest BCUT2D eigenvalue weighted by atomic mass is 10.2. The van der Waals surface area contributed by atoms with Crippen molar-refractivity contribution < 1.29 is 4.42 Å². The smallest absolute Gasteiger partial charge is 0.225 e. The third-order valence-electron chi connectivity index (χ3n) is 4.10. The monoisotopic (exact) mass is 364 g/mol. The number of fused-ring (bicyclic) bond motifs is 1. The predicted octanol–water partition coefficient (Wildman–Crippen LogP) is 5.26. The molecule has 0 aliphatic carbocycles. The second-order valence-corrected chi connectivity index (χ2v) is 6.30. The Bertz CT molecular complexity index is 1030. The molecule has 2 heterocycles. The summed E-state index contributed by atoms with van der Waals surface area (Å²) in [5.74, 6) is 2.18. The molecule has 6 heteroatoms. The number of halogens is 1. The molecule has 0 radical (unpaired) electrons. The van der Waals surface area contributed by atoms with E-state index >= 15 is 0 Å². The van der Waals surface area contributed by atoms with Crippen molar-refractivity contribution in [3.8, 4) is 0 Å². The van der Waals surface area contributed by atoms with Crippen molar-refractivity contribution in [1.29, 1.82) is 0 Å². The van der Waals surface area contributed by atoms with E-state index in [1.54, 1.807) is 6.26 Å². The number of anilines is 3. The Morgan fingerprint density at radius 1 is 1.04 bits per heavy atom. The van der Waals surface area contributed by atoms with Gasteiger partial charge in [-0.2, -0.15) is 4.98 Å². The maximum Gasteiger partial charge on any atom is 0.225 e. The number of nitrogens with zero attached hydrogens (tertiary/aromatic N) is 3. The SMILES string of the molecule is CN(c1cccc(Cl)c1)c1nc(NCc2ccco2)nc2ccccc12. The average molecular weight is 365 g/mol. The van der Waals surface area contributed by atoms with Gasteiger partial charge in [0.2, 0.25) is 5.95 Å². The van der Waals surface area contributed by atoms with E-state index in [9.17, 15) is 0 Å². The molecule has 0 atom stereocenters. The molecule has 4 rings (SSSR count). The Labute approximate surface area is 156 Å². The second kappa shape index (κ2) is 7.06. The van der Waals surface area contributed by atoms with Crippen molar-refractivity contribution in [2.75, 3.05) is 17.3 Å². The van der Waals surface area contributed by atoms with E-state index in [1.807, 2.05) is 72.6 Å². The molecule has 2 aromatic carbocycles. The molecule has 2 aromatic heterocycles. The van der Waals surface area contributed by atoms with Gasteiger partial charge < -0.3 is 14.6 Å². The molecule has 26 heavy (non-hydrogen) atoms. The number of hydrogen-bond acceptors (Lipinski definition) is 5. The zero-order valence-corrected chi connectivity index (χ0v) is 14.9. The van der Waals surface area contributed by atoms with Crippen LogP contribution in [0.3, 0.4) is 0 Å². The van der Waals surface area contributed by atoms with E-state index in [2.05, 4.69) is 10.3 Å². The summed E-state index contributed by atoms with van der Waals surface area (Å²) < 4.78 is 5.36. The summed E-state index contributed by atoms with van der Waals surface area (Å²) in [6.07, 6.45) is 1.65. The first-order valence-electron chi connectivity index (χ1n) is 8.23. The van der Waals surface area contributed by atoms with Crippen molar-refractivity contribution in [3.63, 3.8) is 0 Å². The maximum absolute atomic E-state index is 6.15. The van der Waals surface area contributed by atoms with Gasteiger partial charge >= 0.3 is 0 Å². The molecule has 0 saturated heterocycles. The third-order valence-corrected chi connectivity index (χ3v) is 4.33. The Kier molecular flexibility index (Phi) is 4.46. The summed E-state index contributed by atoms with van der Waals surface area (Å²) in [6.45, 7) is 0.520. The minimum Gasteiger partial charge on any atom is -0.467 e. The van der Waals surface area contributed by atoms with Crippen molar-refractivity contribution in [3.05, 3.63) is 77.7 Å². The average Bonchev–Trinajstić information content (AvgIpc) is 3.19. The van der Waals surface area contributed by atoms with Crippen LogP contribution in [-0.2, 0) is 6.54 Å².